The standard InChI is InChI=1S/C58H113NO4/c1-3-5-7-9-11-13-15-17-18-19-20-21-22-23-24-25-26-27-28-29-30-31-32-33-34-35-36-37-38-40-41-43-45-47-49-51-55(61)53-58(63)59-56(54-60)57(62)52-50-48-46-44-42-39-16-14-12-10-8-6-4-2/h42,44,50,52,55-57,60-62H,3-41,43,45-49,51,53-54H2,1-2H3,(H,59,63)/b44-42+,52-50+. The molecule has 0 saturated heterocycles. The Bertz CT molecular complexity index is 936. The van der Waals surface area contributed by atoms with Gasteiger partial charge in [-0.1, -0.05) is 301 Å². The van der Waals surface area contributed by atoms with Gasteiger partial charge in [0.2, 0.25) is 5.91 Å². The van der Waals surface area contributed by atoms with E-state index in [1.807, 2.05) is 6.08 Å². The van der Waals surface area contributed by atoms with Crippen molar-refractivity contribution in [2.45, 2.75) is 334 Å². The highest BCUT2D eigenvalue weighted by Crippen LogP contribution is 2.18. The SMILES string of the molecule is CCCCCCCCC/C=C/CC/C=C/C(O)C(CO)NC(=O)CC(O)CCCCCCCCCCCCCCCCCCCCCCCCCCCCCCCCCCCCC. The van der Waals surface area contributed by atoms with Crippen LogP contribution in [0, 0.1) is 0 Å². The van der Waals surface area contributed by atoms with Crippen LogP contribution in [0.2, 0.25) is 0 Å². The van der Waals surface area contributed by atoms with Gasteiger partial charge in [-0.15, -0.1) is 0 Å². The number of nitrogens with one attached hydrogen (secondary N) is 1. The number of rotatable bonds is 53. The Labute approximate surface area is 394 Å². The van der Waals surface area contributed by atoms with E-state index in [4.69, 9.17) is 0 Å². The molecule has 3 atom stereocenters. The lowest BCUT2D eigenvalue weighted by Gasteiger charge is -2.21. The Hall–Kier alpha value is -1.17. The van der Waals surface area contributed by atoms with Gasteiger partial charge in [-0.3, -0.25) is 4.79 Å². The Morgan fingerprint density at radius 3 is 1.02 bits per heavy atom. The summed E-state index contributed by atoms with van der Waals surface area (Å²) >= 11 is 0. The van der Waals surface area contributed by atoms with E-state index >= 15 is 0 Å². The molecule has 0 rings (SSSR count). The number of hydrogen-bond acceptors (Lipinski definition) is 4. The molecule has 0 bridgehead atoms. The molecule has 4 N–H and O–H groups in total. The first-order valence-electron chi connectivity index (χ1n) is 28.6. The Kier molecular flexibility index (Phi) is 52.5. The molecule has 0 aromatic heterocycles. The summed E-state index contributed by atoms with van der Waals surface area (Å²) in [6.45, 7) is 4.21. The summed E-state index contributed by atoms with van der Waals surface area (Å²) in [5, 5.41) is 33.3. The van der Waals surface area contributed by atoms with Crippen LogP contribution in [0.3, 0.4) is 0 Å². The van der Waals surface area contributed by atoms with Crippen LogP contribution in [0.4, 0.5) is 0 Å². The van der Waals surface area contributed by atoms with E-state index in [2.05, 4.69) is 31.3 Å². The van der Waals surface area contributed by atoms with Crippen LogP contribution >= 0.6 is 0 Å². The summed E-state index contributed by atoms with van der Waals surface area (Å²) in [6.07, 6.45) is 68.3. The van der Waals surface area contributed by atoms with E-state index in [-0.39, 0.29) is 18.9 Å². The average molecular weight is 889 g/mol. The van der Waals surface area contributed by atoms with Crippen molar-refractivity contribution in [2.24, 2.45) is 0 Å². The summed E-state index contributed by atoms with van der Waals surface area (Å²) < 4.78 is 0. The zero-order valence-electron chi connectivity index (χ0n) is 42.7. The molecule has 0 radical (unpaired) electrons. The lowest BCUT2D eigenvalue weighted by Crippen LogP contribution is -2.45. The van der Waals surface area contributed by atoms with Crippen molar-refractivity contribution in [3.05, 3.63) is 24.3 Å². The highest BCUT2D eigenvalue weighted by molar-refractivity contribution is 5.76. The lowest BCUT2D eigenvalue weighted by atomic mass is 10.0. The fourth-order valence-electron chi connectivity index (χ4n) is 9.12. The van der Waals surface area contributed by atoms with Crippen molar-refractivity contribution < 1.29 is 20.1 Å². The minimum absolute atomic E-state index is 0.0101. The second-order valence-corrected chi connectivity index (χ2v) is 19.9. The van der Waals surface area contributed by atoms with Crippen molar-refractivity contribution >= 4 is 5.91 Å². The van der Waals surface area contributed by atoms with Crippen molar-refractivity contribution in [3.63, 3.8) is 0 Å². The summed E-state index contributed by atoms with van der Waals surface area (Å²) in [7, 11) is 0. The minimum atomic E-state index is -0.949. The number of hydrogen-bond donors (Lipinski definition) is 4. The van der Waals surface area contributed by atoms with Gasteiger partial charge in [-0.25, -0.2) is 0 Å². The molecule has 0 aliphatic heterocycles. The molecule has 5 nitrogen and oxygen atoms in total. The topological polar surface area (TPSA) is 89.8 Å². The predicted molar refractivity (Wildman–Crippen MR) is 278 cm³/mol. The van der Waals surface area contributed by atoms with E-state index < -0.39 is 18.2 Å². The van der Waals surface area contributed by atoms with Crippen molar-refractivity contribution in [1.29, 1.82) is 0 Å². The predicted octanol–water partition coefficient (Wildman–Crippen LogP) is 17.7. The third-order valence-electron chi connectivity index (χ3n) is 13.5. The fraction of sp³-hybridized carbons (Fsp3) is 0.914. The zero-order valence-corrected chi connectivity index (χ0v) is 42.7. The molecular weight excluding hydrogens is 775 g/mol. The van der Waals surface area contributed by atoms with Crippen molar-refractivity contribution in [1.82, 2.24) is 5.32 Å². The third kappa shape index (κ3) is 50.1. The molecule has 3 unspecified atom stereocenters. The molecule has 0 aliphatic carbocycles. The van der Waals surface area contributed by atoms with Crippen molar-refractivity contribution in [3.8, 4) is 0 Å². The zero-order chi connectivity index (χ0) is 45.8. The monoisotopic (exact) mass is 888 g/mol. The van der Waals surface area contributed by atoms with E-state index in [1.165, 1.54) is 257 Å². The number of carbonyl (C=O) groups is 1. The van der Waals surface area contributed by atoms with E-state index in [1.54, 1.807) is 6.08 Å². The molecular formula is C58H113NO4. The van der Waals surface area contributed by atoms with Gasteiger partial charge in [-0.2, -0.15) is 0 Å². The second-order valence-electron chi connectivity index (χ2n) is 19.9. The third-order valence-corrected chi connectivity index (χ3v) is 13.5. The van der Waals surface area contributed by atoms with Crippen LogP contribution in [0.1, 0.15) is 316 Å². The minimum Gasteiger partial charge on any atom is -0.394 e. The first-order chi connectivity index (χ1) is 31.0. The van der Waals surface area contributed by atoms with E-state index in [9.17, 15) is 20.1 Å². The largest absolute Gasteiger partial charge is 0.394 e. The molecule has 1 amide bonds. The molecule has 0 heterocycles. The normalized spacial score (nSPS) is 13.4. The Morgan fingerprint density at radius 2 is 0.683 bits per heavy atom. The van der Waals surface area contributed by atoms with Gasteiger partial charge in [0.25, 0.3) is 0 Å². The van der Waals surface area contributed by atoms with Crippen LogP contribution in [-0.4, -0.2) is 46.1 Å². The smallest absolute Gasteiger partial charge is 0.222 e. The molecule has 63 heavy (non-hydrogen) atoms. The quantitative estimate of drug-likeness (QED) is 0.0362. The van der Waals surface area contributed by atoms with Crippen LogP contribution in [-0.2, 0) is 4.79 Å². The fourth-order valence-corrected chi connectivity index (χ4v) is 9.12. The average Bonchev–Trinajstić information content (AvgIpc) is 3.28. The Morgan fingerprint density at radius 1 is 0.397 bits per heavy atom. The van der Waals surface area contributed by atoms with Crippen LogP contribution in [0.5, 0.6) is 0 Å². The van der Waals surface area contributed by atoms with Crippen LogP contribution in [0.25, 0.3) is 0 Å². The second kappa shape index (κ2) is 53.4. The van der Waals surface area contributed by atoms with Gasteiger partial charge in [0.15, 0.2) is 0 Å². The van der Waals surface area contributed by atoms with Crippen LogP contribution < -0.4 is 5.32 Å². The van der Waals surface area contributed by atoms with Crippen LogP contribution in [0.15, 0.2) is 24.3 Å². The molecule has 0 aliphatic rings. The van der Waals surface area contributed by atoms with Gasteiger partial charge < -0.3 is 20.6 Å². The summed E-state index contributed by atoms with van der Waals surface area (Å²) in [4.78, 5) is 12.5. The van der Waals surface area contributed by atoms with Gasteiger partial charge in [0, 0.05) is 0 Å². The number of allylic oxidation sites excluding steroid dienone is 3. The van der Waals surface area contributed by atoms with Gasteiger partial charge >= 0.3 is 0 Å². The lowest BCUT2D eigenvalue weighted by molar-refractivity contribution is -0.124. The number of amides is 1. The highest BCUT2D eigenvalue weighted by atomic mass is 16.3. The number of unbranched alkanes of at least 4 members (excludes halogenated alkanes) is 42. The maximum absolute atomic E-state index is 12.5. The first kappa shape index (κ1) is 61.8. The molecule has 0 aromatic carbocycles. The number of carbonyl (C=O) groups excluding carboxylic acids is 1. The Balaban J connectivity index is 3.44. The van der Waals surface area contributed by atoms with E-state index in [0.29, 0.717) is 6.42 Å². The van der Waals surface area contributed by atoms with Gasteiger partial charge in [0.05, 0.1) is 31.3 Å². The molecule has 0 saturated carbocycles. The molecule has 0 fully saturated rings. The summed E-state index contributed by atoms with van der Waals surface area (Å²) in [5.41, 5.74) is 0. The maximum Gasteiger partial charge on any atom is 0.222 e. The first-order valence-corrected chi connectivity index (χ1v) is 28.6. The molecule has 5 heteroatoms. The van der Waals surface area contributed by atoms with Gasteiger partial charge in [-0.05, 0) is 32.1 Å². The van der Waals surface area contributed by atoms with E-state index in [0.717, 1.165) is 32.1 Å². The highest BCUT2D eigenvalue weighted by Gasteiger charge is 2.20. The maximum atomic E-state index is 12.5. The molecule has 0 spiro atoms. The summed E-state index contributed by atoms with van der Waals surface area (Å²) in [5.74, 6) is -0.321. The summed E-state index contributed by atoms with van der Waals surface area (Å²) in [6, 6.07) is -0.758. The number of aliphatic hydroxyl groups is 3. The molecule has 374 valence electrons. The van der Waals surface area contributed by atoms with Crippen molar-refractivity contribution in [2.75, 3.05) is 6.61 Å². The van der Waals surface area contributed by atoms with Gasteiger partial charge in [0.1, 0.15) is 0 Å². The molecule has 0 aromatic rings. The number of aliphatic hydroxyl groups excluding tert-OH is 3.